The van der Waals surface area contributed by atoms with Crippen molar-refractivity contribution in [3.8, 4) is 11.5 Å². The maximum Gasteiger partial charge on any atom is 0.193 e. The van der Waals surface area contributed by atoms with Gasteiger partial charge in [0.05, 0.1) is 14.2 Å². The Hall–Kier alpha value is -2.55. The van der Waals surface area contributed by atoms with Gasteiger partial charge in [-0.1, -0.05) is 43.0 Å². The van der Waals surface area contributed by atoms with Gasteiger partial charge in [0.2, 0.25) is 0 Å². The largest absolute Gasteiger partial charge is 0.493 e. The van der Waals surface area contributed by atoms with E-state index in [0.29, 0.717) is 22.6 Å². The van der Waals surface area contributed by atoms with Crippen molar-refractivity contribution in [3.63, 3.8) is 0 Å². The lowest BCUT2D eigenvalue weighted by Crippen LogP contribution is -2.05. The SMILES string of the molecule is C=Cc1cc(OC)c(OC)cc1C(=O)c1ccccc1. The van der Waals surface area contributed by atoms with Crippen LogP contribution in [-0.2, 0) is 0 Å². The molecule has 2 rings (SSSR count). The molecular weight excluding hydrogens is 252 g/mol. The Labute approximate surface area is 118 Å². The van der Waals surface area contributed by atoms with Gasteiger partial charge in [0.25, 0.3) is 0 Å². The van der Waals surface area contributed by atoms with Crippen LogP contribution >= 0.6 is 0 Å². The van der Waals surface area contributed by atoms with Gasteiger partial charge in [-0.05, 0) is 17.7 Å². The molecule has 0 atom stereocenters. The van der Waals surface area contributed by atoms with E-state index in [9.17, 15) is 4.79 Å². The zero-order valence-corrected chi connectivity index (χ0v) is 11.6. The Balaban J connectivity index is 2.55. The van der Waals surface area contributed by atoms with Gasteiger partial charge in [-0.25, -0.2) is 0 Å². The summed E-state index contributed by atoms with van der Waals surface area (Å²) in [6, 6.07) is 12.5. The van der Waals surface area contributed by atoms with Crippen LogP contribution in [0.5, 0.6) is 11.5 Å². The number of benzene rings is 2. The van der Waals surface area contributed by atoms with Gasteiger partial charge in [-0.3, -0.25) is 4.79 Å². The molecule has 0 fully saturated rings. The number of hydrogen-bond acceptors (Lipinski definition) is 3. The maximum atomic E-state index is 12.5. The van der Waals surface area contributed by atoms with Crippen LogP contribution in [0, 0.1) is 0 Å². The fourth-order valence-electron chi connectivity index (χ4n) is 2.01. The molecule has 0 N–H and O–H groups in total. The third-order valence-electron chi connectivity index (χ3n) is 3.06. The minimum absolute atomic E-state index is 0.0681. The highest BCUT2D eigenvalue weighted by atomic mass is 16.5. The molecule has 0 aliphatic carbocycles. The standard InChI is InChI=1S/C17H16O3/c1-4-12-10-15(19-2)16(20-3)11-14(12)17(18)13-8-6-5-7-9-13/h4-11H,1H2,2-3H3. The maximum absolute atomic E-state index is 12.5. The smallest absolute Gasteiger partial charge is 0.193 e. The van der Waals surface area contributed by atoms with Gasteiger partial charge in [-0.2, -0.15) is 0 Å². The van der Waals surface area contributed by atoms with E-state index in [1.54, 1.807) is 44.6 Å². The molecule has 0 amide bonds. The Morgan fingerprint density at radius 1 is 1.05 bits per heavy atom. The minimum atomic E-state index is -0.0681. The molecule has 3 heteroatoms. The van der Waals surface area contributed by atoms with E-state index < -0.39 is 0 Å². The molecule has 0 spiro atoms. The summed E-state index contributed by atoms with van der Waals surface area (Å²) in [5, 5.41) is 0. The Morgan fingerprint density at radius 3 is 2.20 bits per heavy atom. The first-order valence-corrected chi connectivity index (χ1v) is 6.19. The van der Waals surface area contributed by atoms with Crippen molar-refractivity contribution in [3.05, 3.63) is 65.7 Å². The van der Waals surface area contributed by atoms with Crippen molar-refractivity contribution >= 4 is 11.9 Å². The van der Waals surface area contributed by atoms with Crippen molar-refractivity contribution in [2.24, 2.45) is 0 Å². The van der Waals surface area contributed by atoms with Crippen molar-refractivity contribution in [2.75, 3.05) is 14.2 Å². The van der Waals surface area contributed by atoms with Crippen LogP contribution in [0.15, 0.2) is 49.0 Å². The molecule has 0 heterocycles. The first-order chi connectivity index (χ1) is 9.71. The van der Waals surface area contributed by atoms with Crippen LogP contribution in [0.2, 0.25) is 0 Å². The van der Waals surface area contributed by atoms with Gasteiger partial charge < -0.3 is 9.47 Å². The molecule has 102 valence electrons. The lowest BCUT2D eigenvalue weighted by atomic mass is 9.97. The summed E-state index contributed by atoms with van der Waals surface area (Å²) in [6.07, 6.45) is 1.64. The predicted molar refractivity (Wildman–Crippen MR) is 79.5 cm³/mol. The van der Waals surface area contributed by atoms with E-state index in [1.165, 1.54) is 0 Å². The van der Waals surface area contributed by atoms with Crippen LogP contribution in [-0.4, -0.2) is 20.0 Å². The molecule has 2 aromatic rings. The van der Waals surface area contributed by atoms with E-state index in [-0.39, 0.29) is 5.78 Å². The van der Waals surface area contributed by atoms with E-state index in [1.807, 2.05) is 18.2 Å². The quantitative estimate of drug-likeness (QED) is 0.777. The lowest BCUT2D eigenvalue weighted by Gasteiger charge is -2.12. The van der Waals surface area contributed by atoms with Crippen molar-refractivity contribution in [1.82, 2.24) is 0 Å². The summed E-state index contributed by atoms with van der Waals surface area (Å²) >= 11 is 0. The Kier molecular flexibility index (Phi) is 4.20. The number of hydrogen-bond donors (Lipinski definition) is 0. The van der Waals surface area contributed by atoms with Gasteiger partial charge >= 0.3 is 0 Å². The third kappa shape index (κ3) is 2.57. The second kappa shape index (κ2) is 6.06. The highest BCUT2D eigenvalue weighted by molar-refractivity contribution is 6.11. The molecule has 20 heavy (non-hydrogen) atoms. The Morgan fingerprint density at radius 2 is 1.65 bits per heavy atom. The molecule has 0 aliphatic rings. The Bertz CT molecular complexity index is 630. The zero-order chi connectivity index (χ0) is 14.5. The summed E-state index contributed by atoms with van der Waals surface area (Å²) in [5.74, 6) is 1.03. The summed E-state index contributed by atoms with van der Waals surface area (Å²) < 4.78 is 10.5. The lowest BCUT2D eigenvalue weighted by molar-refractivity contribution is 0.103. The molecule has 0 saturated carbocycles. The number of methoxy groups -OCH3 is 2. The van der Waals surface area contributed by atoms with Gasteiger partial charge in [0.1, 0.15) is 0 Å². The molecule has 3 nitrogen and oxygen atoms in total. The van der Waals surface area contributed by atoms with Crippen molar-refractivity contribution in [2.45, 2.75) is 0 Å². The van der Waals surface area contributed by atoms with Gasteiger partial charge in [0, 0.05) is 11.1 Å². The predicted octanol–water partition coefficient (Wildman–Crippen LogP) is 3.58. The summed E-state index contributed by atoms with van der Waals surface area (Å²) in [4.78, 5) is 12.5. The topological polar surface area (TPSA) is 35.5 Å². The van der Waals surface area contributed by atoms with Crippen LogP contribution in [0.1, 0.15) is 21.5 Å². The third-order valence-corrected chi connectivity index (χ3v) is 3.06. The average molecular weight is 268 g/mol. The molecule has 0 aliphatic heterocycles. The number of ether oxygens (including phenoxy) is 2. The summed E-state index contributed by atoms with van der Waals surface area (Å²) in [5.41, 5.74) is 1.89. The van der Waals surface area contributed by atoms with Crippen LogP contribution in [0.3, 0.4) is 0 Å². The fraction of sp³-hybridized carbons (Fsp3) is 0.118. The normalized spacial score (nSPS) is 9.90. The minimum Gasteiger partial charge on any atom is -0.493 e. The molecular formula is C17H16O3. The van der Waals surface area contributed by atoms with Crippen molar-refractivity contribution in [1.29, 1.82) is 0 Å². The average Bonchev–Trinajstić information content (AvgIpc) is 2.53. The zero-order valence-electron chi connectivity index (χ0n) is 11.6. The summed E-state index contributed by atoms with van der Waals surface area (Å²) in [6.45, 7) is 3.75. The second-order valence-electron chi connectivity index (χ2n) is 4.19. The van der Waals surface area contributed by atoms with Crippen LogP contribution < -0.4 is 9.47 Å². The second-order valence-corrected chi connectivity index (χ2v) is 4.19. The van der Waals surface area contributed by atoms with E-state index in [4.69, 9.17) is 9.47 Å². The fourth-order valence-corrected chi connectivity index (χ4v) is 2.01. The van der Waals surface area contributed by atoms with Crippen LogP contribution in [0.4, 0.5) is 0 Å². The molecule has 2 aromatic carbocycles. The first-order valence-electron chi connectivity index (χ1n) is 6.19. The molecule has 0 aromatic heterocycles. The highest BCUT2D eigenvalue weighted by Crippen LogP contribution is 2.32. The van der Waals surface area contributed by atoms with E-state index >= 15 is 0 Å². The molecule has 0 unspecified atom stereocenters. The van der Waals surface area contributed by atoms with Crippen LogP contribution in [0.25, 0.3) is 6.08 Å². The van der Waals surface area contributed by atoms with E-state index in [2.05, 4.69) is 6.58 Å². The number of rotatable bonds is 5. The molecule has 0 radical (unpaired) electrons. The number of carbonyl (C=O) groups is 1. The van der Waals surface area contributed by atoms with Gasteiger partial charge in [0.15, 0.2) is 17.3 Å². The first kappa shape index (κ1) is 13.9. The van der Waals surface area contributed by atoms with Gasteiger partial charge in [-0.15, -0.1) is 0 Å². The number of carbonyl (C=O) groups excluding carboxylic acids is 1. The highest BCUT2D eigenvalue weighted by Gasteiger charge is 2.16. The monoisotopic (exact) mass is 268 g/mol. The molecule has 0 saturated heterocycles. The van der Waals surface area contributed by atoms with Crippen molar-refractivity contribution < 1.29 is 14.3 Å². The molecule has 0 bridgehead atoms. The summed E-state index contributed by atoms with van der Waals surface area (Å²) in [7, 11) is 3.10. The number of ketones is 1. The van der Waals surface area contributed by atoms with E-state index in [0.717, 1.165) is 5.56 Å².